The number of β-amino-alcohol motifs (C(OH)–C–C–N with tert-alkyl or cyclic N) is 1. The molecule has 0 radical (unpaired) electrons. The second-order valence-corrected chi connectivity index (χ2v) is 5.59. The van der Waals surface area contributed by atoms with Gasteiger partial charge in [-0.25, -0.2) is 9.59 Å². The van der Waals surface area contributed by atoms with Crippen molar-refractivity contribution >= 4 is 12.0 Å². The molecule has 0 aromatic rings. The second kappa shape index (κ2) is 7.44. The summed E-state index contributed by atoms with van der Waals surface area (Å²) >= 11 is 0. The lowest BCUT2D eigenvalue weighted by Gasteiger charge is -2.28. The van der Waals surface area contributed by atoms with Crippen molar-refractivity contribution in [1.82, 2.24) is 15.1 Å². The first kappa shape index (κ1) is 16.7. The molecule has 7 heteroatoms. The number of rotatable bonds is 6. The number of aliphatic carboxylic acids is 1. The molecule has 20 heavy (non-hydrogen) atoms. The molecule has 2 amide bonds. The van der Waals surface area contributed by atoms with Crippen LogP contribution in [0.4, 0.5) is 4.79 Å². The van der Waals surface area contributed by atoms with Gasteiger partial charge in [-0.3, -0.25) is 0 Å². The van der Waals surface area contributed by atoms with Crippen LogP contribution in [0.1, 0.15) is 26.2 Å². The van der Waals surface area contributed by atoms with Gasteiger partial charge in [0.25, 0.3) is 0 Å². The molecular formula is C13H25N3O4. The van der Waals surface area contributed by atoms with Crippen molar-refractivity contribution in [3.63, 3.8) is 0 Å². The number of carboxylic acid groups (broad SMARTS) is 1. The second-order valence-electron chi connectivity index (χ2n) is 5.59. The van der Waals surface area contributed by atoms with Crippen LogP contribution in [-0.4, -0.2) is 77.4 Å². The van der Waals surface area contributed by atoms with E-state index >= 15 is 0 Å². The molecular weight excluding hydrogens is 262 g/mol. The molecule has 3 N–H and O–H groups in total. The van der Waals surface area contributed by atoms with Gasteiger partial charge < -0.3 is 25.3 Å². The van der Waals surface area contributed by atoms with Crippen molar-refractivity contribution < 1.29 is 19.8 Å². The standard InChI is InChI=1S/C13H25N3O4/c1-4-5-11(12(18)19)14-13(20)16-8-10(17)6-9(16)7-15(2)3/h9-11,17H,4-8H2,1-3H3,(H,14,20)(H,18,19)/t9?,10?,11-/m0/s1. The maximum atomic E-state index is 12.2. The summed E-state index contributed by atoms with van der Waals surface area (Å²) in [5, 5.41) is 21.3. The molecule has 0 bridgehead atoms. The Bertz CT molecular complexity index is 349. The zero-order chi connectivity index (χ0) is 15.3. The van der Waals surface area contributed by atoms with E-state index in [4.69, 9.17) is 5.11 Å². The largest absolute Gasteiger partial charge is 0.480 e. The van der Waals surface area contributed by atoms with Crippen LogP contribution >= 0.6 is 0 Å². The summed E-state index contributed by atoms with van der Waals surface area (Å²) < 4.78 is 0. The SMILES string of the molecule is CCC[C@H](NC(=O)N1CC(O)CC1CN(C)C)C(=O)O. The van der Waals surface area contributed by atoms with Gasteiger partial charge in [0.2, 0.25) is 0 Å². The maximum Gasteiger partial charge on any atom is 0.326 e. The summed E-state index contributed by atoms with van der Waals surface area (Å²) in [6.45, 7) is 2.77. The number of nitrogens with zero attached hydrogens (tertiary/aromatic N) is 2. The molecule has 3 atom stereocenters. The molecule has 1 fully saturated rings. The van der Waals surface area contributed by atoms with Crippen LogP contribution < -0.4 is 5.32 Å². The van der Waals surface area contributed by atoms with E-state index in [1.54, 1.807) is 0 Å². The van der Waals surface area contributed by atoms with Crippen LogP contribution in [-0.2, 0) is 4.79 Å². The first-order chi connectivity index (χ1) is 9.35. The summed E-state index contributed by atoms with van der Waals surface area (Å²) in [5.41, 5.74) is 0. The van der Waals surface area contributed by atoms with Crippen LogP contribution in [0, 0.1) is 0 Å². The molecule has 1 aliphatic heterocycles. The first-order valence-electron chi connectivity index (χ1n) is 6.97. The number of amides is 2. The number of likely N-dealkylation sites (tertiary alicyclic amines) is 1. The van der Waals surface area contributed by atoms with Crippen molar-refractivity contribution in [3.05, 3.63) is 0 Å². The summed E-state index contributed by atoms with van der Waals surface area (Å²) in [7, 11) is 3.80. The molecule has 0 aromatic carbocycles. The van der Waals surface area contributed by atoms with Crippen LogP contribution in [0.15, 0.2) is 0 Å². The number of nitrogens with one attached hydrogen (secondary N) is 1. The zero-order valence-corrected chi connectivity index (χ0v) is 12.4. The lowest BCUT2D eigenvalue weighted by molar-refractivity contribution is -0.139. The Labute approximate surface area is 119 Å². The summed E-state index contributed by atoms with van der Waals surface area (Å²) in [5.74, 6) is -1.02. The predicted octanol–water partition coefficient (Wildman–Crippen LogP) is -0.0539. The fourth-order valence-electron chi connectivity index (χ4n) is 2.51. The third kappa shape index (κ3) is 4.64. The normalized spacial score (nSPS) is 23.9. The fourth-order valence-corrected chi connectivity index (χ4v) is 2.51. The van der Waals surface area contributed by atoms with Gasteiger partial charge >= 0.3 is 12.0 Å². The number of carboxylic acids is 1. The summed E-state index contributed by atoms with van der Waals surface area (Å²) in [6, 6.07) is -1.37. The number of urea groups is 1. The Kier molecular flexibility index (Phi) is 6.22. The van der Waals surface area contributed by atoms with Crippen LogP contribution in [0.5, 0.6) is 0 Å². The molecule has 1 rings (SSSR count). The van der Waals surface area contributed by atoms with E-state index in [-0.39, 0.29) is 12.6 Å². The van der Waals surface area contributed by atoms with E-state index in [1.807, 2.05) is 25.9 Å². The minimum Gasteiger partial charge on any atom is -0.480 e. The third-order valence-electron chi connectivity index (χ3n) is 3.40. The van der Waals surface area contributed by atoms with Crippen LogP contribution in [0.3, 0.4) is 0 Å². The number of carbonyl (C=O) groups excluding carboxylic acids is 1. The van der Waals surface area contributed by atoms with Gasteiger partial charge in [0.1, 0.15) is 6.04 Å². The average Bonchev–Trinajstić information content (AvgIpc) is 2.68. The van der Waals surface area contributed by atoms with Crippen molar-refractivity contribution in [2.45, 2.75) is 44.4 Å². The van der Waals surface area contributed by atoms with Gasteiger partial charge in [-0.1, -0.05) is 13.3 Å². The molecule has 0 aliphatic carbocycles. The third-order valence-corrected chi connectivity index (χ3v) is 3.40. The van der Waals surface area contributed by atoms with Crippen molar-refractivity contribution in [2.75, 3.05) is 27.2 Å². The molecule has 0 spiro atoms. The Morgan fingerprint density at radius 3 is 2.60 bits per heavy atom. The van der Waals surface area contributed by atoms with Crippen LogP contribution in [0.25, 0.3) is 0 Å². The van der Waals surface area contributed by atoms with Crippen LogP contribution in [0.2, 0.25) is 0 Å². The van der Waals surface area contributed by atoms with E-state index in [9.17, 15) is 14.7 Å². The van der Waals surface area contributed by atoms with Gasteiger partial charge in [-0.15, -0.1) is 0 Å². The summed E-state index contributed by atoms with van der Waals surface area (Å²) in [4.78, 5) is 26.8. The smallest absolute Gasteiger partial charge is 0.326 e. The van der Waals surface area contributed by atoms with Gasteiger partial charge in [0.15, 0.2) is 0 Å². The fraction of sp³-hybridized carbons (Fsp3) is 0.846. The highest BCUT2D eigenvalue weighted by Crippen LogP contribution is 2.18. The lowest BCUT2D eigenvalue weighted by Crippen LogP contribution is -2.51. The van der Waals surface area contributed by atoms with E-state index in [1.165, 1.54) is 4.90 Å². The predicted molar refractivity (Wildman–Crippen MR) is 74.5 cm³/mol. The van der Waals surface area contributed by atoms with Crippen molar-refractivity contribution in [3.8, 4) is 0 Å². The molecule has 1 heterocycles. The number of likely N-dealkylation sites (N-methyl/N-ethyl adjacent to an activating group) is 1. The van der Waals surface area contributed by atoms with Gasteiger partial charge in [0.05, 0.1) is 6.10 Å². The quantitative estimate of drug-likeness (QED) is 0.637. The number of aliphatic hydroxyl groups excluding tert-OH is 1. The van der Waals surface area contributed by atoms with E-state index in [0.29, 0.717) is 25.8 Å². The van der Waals surface area contributed by atoms with E-state index in [2.05, 4.69) is 5.32 Å². The lowest BCUT2D eigenvalue weighted by atomic mass is 10.1. The monoisotopic (exact) mass is 287 g/mol. The highest BCUT2D eigenvalue weighted by Gasteiger charge is 2.35. The van der Waals surface area contributed by atoms with Crippen molar-refractivity contribution in [2.24, 2.45) is 0 Å². The average molecular weight is 287 g/mol. The van der Waals surface area contributed by atoms with Crippen molar-refractivity contribution in [1.29, 1.82) is 0 Å². The van der Waals surface area contributed by atoms with Gasteiger partial charge in [0, 0.05) is 19.1 Å². The molecule has 2 unspecified atom stereocenters. The highest BCUT2D eigenvalue weighted by atomic mass is 16.4. The van der Waals surface area contributed by atoms with Gasteiger partial charge in [-0.05, 0) is 26.9 Å². The van der Waals surface area contributed by atoms with Gasteiger partial charge in [-0.2, -0.15) is 0 Å². The topological polar surface area (TPSA) is 93.1 Å². The minimum absolute atomic E-state index is 0.0870. The van der Waals surface area contributed by atoms with E-state index < -0.39 is 24.1 Å². The van der Waals surface area contributed by atoms with E-state index in [0.717, 1.165) is 0 Å². The summed E-state index contributed by atoms with van der Waals surface area (Å²) in [6.07, 6.45) is 1.06. The molecule has 116 valence electrons. The Morgan fingerprint density at radius 1 is 1.45 bits per heavy atom. The molecule has 0 saturated carbocycles. The Morgan fingerprint density at radius 2 is 2.10 bits per heavy atom. The number of carbonyl (C=O) groups is 2. The minimum atomic E-state index is -1.02. The molecule has 7 nitrogen and oxygen atoms in total. The first-order valence-corrected chi connectivity index (χ1v) is 6.97. The number of aliphatic hydroxyl groups is 1. The number of hydrogen-bond acceptors (Lipinski definition) is 4. The Balaban J connectivity index is 2.66. The number of hydrogen-bond donors (Lipinski definition) is 3. The Hall–Kier alpha value is -1.34. The maximum absolute atomic E-state index is 12.2. The molecule has 0 aromatic heterocycles. The highest BCUT2D eigenvalue weighted by molar-refractivity contribution is 5.82. The zero-order valence-electron chi connectivity index (χ0n) is 12.4. The molecule has 1 saturated heterocycles. The molecule has 1 aliphatic rings.